The predicted molar refractivity (Wildman–Crippen MR) is 94.5 cm³/mol. The van der Waals surface area contributed by atoms with Gasteiger partial charge in [-0.1, -0.05) is 13.3 Å². The predicted octanol–water partition coefficient (Wildman–Crippen LogP) is 3.23. The summed E-state index contributed by atoms with van der Waals surface area (Å²) in [4.78, 5) is 14.6. The van der Waals surface area contributed by atoms with Crippen LogP contribution in [0.25, 0.3) is 0 Å². The maximum Gasteiger partial charge on any atom is 0.303 e. The molecule has 2 N–H and O–H groups in total. The first-order valence-corrected chi connectivity index (χ1v) is 10.2. The van der Waals surface area contributed by atoms with E-state index in [4.69, 9.17) is 10.5 Å². The molecular formula is C20H34N2O2. The highest BCUT2D eigenvalue weighted by molar-refractivity contribution is 5.66. The summed E-state index contributed by atoms with van der Waals surface area (Å²) >= 11 is 0. The molecule has 4 nitrogen and oxygen atoms in total. The fraction of sp³-hybridized carbons (Fsp3) is 0.950. The van der Waals surface area contributed by atoms with Crippen LogP contribution < -0.4 is 5.73 Å². The quantitative estimate of drug-likeness (QED) is 0.788. The average molecular weight is 335 g/mol. The highest BCUT2D eigenvalue weighted by Gasteiger charge is 2.51. The second-order valence-corrected chi connectivity index (χ2v) is 9.40. The van der Waals surface area contributed by atoms with Gasteiger partial charge < -0.3 is 10.5 Å². The molecule has 2 saturated heterocycles. The van der Waals surface area contributed by atoms with Gasteiger partial charge in [-0.25, -0.2) is 0 Å². The van der Waals surface area contributed by atoms with Crippen LogP contribution in [0.3, 0.4) is 0 Å². The van der Waals surface area contributed by atoms with Crippen molar-refractivity contribution in [3.8, 4) is 0 Å². The molecule has 0 spiro atoms. The van der Waals surface area contributed by atoms with E-state index in [0.29, 0.717) is 30.1 Å². The molecule has 7 atom stereocenters. The highest BCUT2D eigenvalue weighted by atomic mass is 16.6. The Labute approximate surface area is 146 Å². The number of hydrogen-bond donors (Lipinski definition) is 1. The number of fused-ring (bicyclic) bond motifs is 4. The number of ether oxygens (including phenoxy) is 1. The number of carbonyl (C=O) groups is 1. The maximum atomic E-state index is 11.8. The average Bonchev–Trinajstić information content (AvgIpc) is 2.43. The topological polar surface area (TPSA) is 55.6 Å². The van der Waals surface area contributed by atoms with E-state index in [0.717, 1.165) is 38.0 Å². The number of hydrogen-bond acceptors (Lipinski definition) is 4. The van der Waals surface area contributed by atoms with Crippen LogP contribution >= 0.6 is 0 Å². The number of nitrogens with zero attached hydrogens (tertiary/aromatic N) is 1. The molecule has 2 aliphatic heterocycles. The van der Waals surface area contributed by atoms with Crippen LogP contribution in [-0.2, 0) is 9.53 Å². The van der Waals surface area contributed by atoms with Gasteiger partial charge in [0.2, 0.25) is 0 Å². The zero-order valence-corrected chi connectivity index (χ0v) is 15.4. The van der Waals surface area contributed by atoms with Crippen molar-refractivity contribution in [3.05, 3.63) is 0 Å². The summed E-state index contributed by atoms with van der Waals surface area (Å²) in [6.45, 7) is 3.92. The Balaban J connectivity index is 1.57. The van der Waals surface area contributed by atoms with Crippen molar-refractivity contribution in [1.82, 2.24) is 4.90 Å². The van der Waals surface area contributed by atoms with Crippen molar-refractivity contribution in [2.45, 2.75) is 108 Å². The number of nitrogens with two attached hydrogens (primary N) is 1. The Morgan fingerprint density at radius 1 is 1.04 bits per heavy atom. The molecule has 0 aromatic rings. The first-order valence-electron chi connectivity index (χ1n) is 10.2. The van der Waals surface area contributed by atoms with Gasteiger partial charge in [0, 0.05) is 37.5 Å². The summed E-state index contributed by atoms with van der Waals surface area (Å²) in [6, 6.07) is 2.33. The van der Waals surface area contributed by atoms with Crippen LogP contribution in [0.5, 0.6) is 0 Å². The minimum atomic E-state index is -0.190. The molecule has 0 radical (unpaired) electrons. The molecule has 2 saturated carbocycles. The zero-order chi connectivity index (χ0) is 16.9. The van der Waals surface area contributed by atoms with E-state index in [2.05, 4.69) is 11.8 Å². The van der Waals surface area contributed by atoms with E-state index in [1.807, 2.05) is 0 Å². The van der Waals surface area contributed by atoms with Crippen molar-refractivity contribution in [2.24, 2.45) is 17.6 Å². The molecule has 0 aromatic heterocycles. The lowest BCUT2D eigenvalue weighted by molar-refractivity contribution is -0.178. The molecule has 4 bridgehead atoms. The molecule has 2 heterocycles. The molecule has 0 aromatic carbocycles. The molecule has 2 aliphatic carbocycles. The van der Waals surface area contributed by atoms with Crippen LogP contribution in [0, 0.1) is 11.8 Å². The Morgan fingerprint density at radius 2 is 1.75 bits per heavy atom. The summed E-state index contributed by atoms with van der Waals surface area (Å²) in [7, 11) is 0. The summed E-state index contributed by atoms with van der Waals surface area (Å²) < 4.78 is 5.99. The number of piperidine rings is 2. The van der Waals surface area contributed by atoms with Gasteiger partial charge in [0.15, 0.2) is 0 Å². The summed E-state index contributed by atoms with van der Waals surface area (Å²) in [5.41, 5.74) is 6.13. The van der Waals surface area contributed by atoms with Gasteiger partial charge in [-0.3, -0.25) is 9.69 Å². The SMILES string of the molecule is CC(=O)O[C@]12CC(N3C4CCC[C@@H]3CC(N)C4)C[C@@H](C[C@H](C)C1)C2. The van der Waals surface area contributed by atoms with Crippen LogP contribution in [0.15, 0.2) is 0 Å². The van der Waals surface area contributed by atoms with Crippen molar-refractivity contribution in [1.29, 1.82) is 0 Å². The van der Waals surface area contributed by atoms with Gasteiger partial charge in [-0.2, -0.15) is 0 Å². The third-order valence-electron chi connectivity index (χ3n) is 7.18. The fourth-order valence-electron chi connectivity index (χ4n) is 6.94. The third kappa shape index (κ3) is 3.12. The minimum absolute atomic E-state index is 0.0932. The second kappa shape index (κ2) is 6.28. The number of carbonyl (C=O) groups excluding carboxylic acids is 1. The standard InChI is InChI=1S/C20H34N2O2/c1-13-6-15-7-19(12-20(10-13,11-15)24-14(2)23)22-17-4-3-5-18(22)9-16(21)8-17/h13,15-19H,3-12,21H2,1-2H3/t13-,15+,16?,17+,18?,19?,20+/m0/s1. The van der Waals surface area contributed by atoms with Gasteiger partial charge in [-0.15, -0.1) is 0 Å². The lowest BCUT2D eigenvalue weighted by atomic mass is 9.63. The Bertz CT molecular complexity index is 478. The Kier molecular flexibility index (Phi) is 4.41. The summed E-state index contributed by atoms with van der Waals surface area (Å²) in [5.74, 6) is 1.31. The number of rotatable bonds is 2. The first-order chi connectivity index (χ1) is 11.4. The van der Waals surface area contributed by atoms with Crippen LogP contribution in [-0.4, -0.2) is 40.6 Å². The molecule has 136 valence electrons. The summed E-state index contributed by atoms with van der Waals surface area (Å²) in [6.07, 6.45) is 12.1. The lowest BCUT2D eigenvalue weighted by Gasteiger charge is -2.57. The maximum absolute atomic E-state index is 11.8. The zero-order valence-electron chi connectivity index (χ0n) is 15.4. The van der Waals surface area contributed by atoms with Gasteiger partial charge in [0.05, 0.1) is 0 Å². The van der Waals surface area contributed by atoms with Gasteiger partial charge in [0.1, 0.15) is 5.60 Å². The molecule has 24 heavy (non-hydrogen) atoms. The highest BCUT2D eigenvalue weighted by Crippen LogP contribution is 2.50. The first kappa shape index (κ1) is 16.8. The fourth-order valence-corrected chi connectivity index (χ4v) is 6.94. The lowest BCUT2D eigenvalue weighted by Crippen LogP contribution is -2.62. The van der Waals surface area contributed by atoms with E-state index in [1.54, 1.807) is 6.92 Å². The second-order valence-electron chi connectivity index (χ2n) is 9.40. The van der Waals surface area contributed by atoms with E-state index in [-0.39, 0.29) is 11.6 Å². The normalized spacial score (nSPS) is 48.8. The molecule has 4 fully saturated rings. The van der Waals surface area contributed by atoms with Gasteiger partial charge in [0.25, 0.3) is 0 Å². The summed E-state index contributed by atoms with van der Waals surface area (Å²) in [5, 5.41) is 0. The number of esters is 1. The molecule has 0 amide bonds. The van der Waals surface area contributed by atoms with E-state index in [1.165, 1.54) is 32.1 Å². The van der Waals surface area contributed by atoms with Crippen LogP contribution in [0.1, 0.15) is 78.1 Å². The molecule has 4 rings (SSSR count). The third-order valence-corrected chi connectivity index (χ3v) is 7.18. The van der Waals surface area contributed by atoms with E-state index in [9.17, 15) is 4.79 Å². The van der Waals surface area contributed by atoms with Crippen molar-refractivity contribution < 1.29 is 9.53 Å². The molecule has 4 heteroatoms. The van der Waals surface area contributed by atoms with Gasteiger partial charge >= 0.3 is 5.97 Å². The largest absolute Gasteiger partial charge is 0.459 e. The molecular weight excluding hydrogens is 300 g/mol. The van der Waals surface area contributed by atoms with Crippen molar-refractivity contribution >= 4 is 5.97 Å². The van der Waals surface area contributed by atoms with E-state index < -0.39 is 0 Å². The smallest absolute Gasteiger partial charge is 0.303 e. The van der Waals surface area contributed by atoms with Gasteiger partial charge in [-0.05, 0) is 63.2 Å². The van der Waals surface area contributed by atoms with Crippen LogP contribution in [0.2, 0.25) is 0 Å². The Hall–Kier alpha value is -0.610. The Morgan fingerprint density at radius 3 is 2.42 bits per heavy atom. The minimum Gasteiger partial charge on any atom is -0.459 e. The van der Waals surface area contributed by atoms with Crippen molar-refractivity contribution in [3.63, 3.8) is 0 Å². The van der Waals surface area contributed by atoms with Crippen molar-refractivity contribution in [2.75, 3.05) is 0 Å². The molecule has 4 aliphatic rings. The van der Waals surface area contributed by atoms with Crippen LogP contribution in [0.4, 0.5) is 0 Å². The monoisotopic (exact) mass is 334 g/mol. The molecule has 3 unspecified atom stereocenters. The van der Waals surface area contributed by atoms with E-state index >= 15 is 0 Å².